The molecule has 1 rings (SSSR count). The van der Waals surface area contributed by atoms with Gasteiger partial charge in [0.05, 0.1) is 6.61 Å². The van der Waals surface area contributed by atoms with Crippen molar-refractivity contribution in [3.63, 3.8) is 0 Å². The van der Waals surface area contributed by atoms with Gasteiger partial charge in [-0.3, -0.25) is 4.79 Å². The largest absolute Gasteiger partial charge is 0.384 e. The number of aryl methyl sites for hydroxylation is 1. The summed E-state index contributed by atoms with van der Waals surface area (Å²) in [6.45, 7) is 3.50. The van der Waals surface area contributed by atoms with Crippen LogP contribution in [0.3, 0.4) is 0 Å². The third-order valence-electron chi connectivity index (χ3n) is 2.40. The average molecular weight is 267 g/mol. The number of nitrogens with two attached hydrogens (primary N) is 1. The zero-order valence-electron chi connectivity index (χ0n) is 11.4. The molecule has 7 nitrogen and oxygen atoms in total. The van der Waals surface area contributed by atoms with Crippen molar-refractivity contribution in [2.75, 3.05) is 37.9 Å². The molecule has 1 aromatic rings. The Morgan fingerprint density at radius 3 is 2.89 bits per heavy atom. The molecule has 0 aliphatic rings. The summed E-state index contributed by atoms with van der Waals surface area (Å²) in [5.41, 5.74) is 5.66. The SMILES string of the molecule is CCc1nc(N)cc(NCCC(=O)NCCOC)n1. The second-order valence-electron chi connectivity index (χ2n) is 3.97. The Morgan fingerprint density at radius 2 is 2.21 bits per heavy atom. The van der Waals surface area contributed by atoms with Crippen LogP contribution in [-0.4, -0.2) is 42.7 Å². The van der Waals surface area contributed by atoms with Crippen LogP contribution in [0.4, 0.5) is 11.6 Å². The summed E-state index contributed by atoms with van der Waals surface area (Å²) >= 11 is 0. The lowest BCUT2D eigenvalue weighted by atomic mass is 10.3. The van der Waals surface area contributed by atoms with Crippen molar-refractivity contribution in [1.29, 1.82) is 0 Å². The summed E-state index contributed by atoms with van der Waals surface area (Å²) in [5.74, 6) is 1.74. The highest BCUT2D eigenvalue weighted by Crippen LogP contribution is 2.08. The van der Waals surface area contributed by atoms with Crippen LogP contribution in [0.15, 0.2) is 6.07 Å². The van der Waals surface area contributed by atoms with Gasteiger partial charge in [-0.15, -0.1) is 0 Å². The van der Waals surface area contributed by atoms with E-state index in [1.807, 2.05) is 6.92 Å². The van der Waals surface area contributed by atoms with Gasteiger partial charge < -0.3 is 21.1 Å². The second kappa shape index (κ2) is 8.25. The van der Waals surface area contributed by atoms with Crippen LogP contribution < -0.4 is 16.4 Å². The van der Waals surface area contributed by atoms with Crippen LogP contribution in [-0.2, 0) is 16.0 Å². The first-order chi connectivity index (χ1) is 9.15. The van der Waals surface area contributed by atoms with E-state index in [1.165, 1.54) is 0 Å². The quantitative estimate of drug-likeness (QED) is 0.581. The van der Waals surface area contributed by atoms with Gasteiger partial charge in [-0.05, 0) is 0 Å². The highest BCUT2D eigenvalue weighted by atomic mass is 16.5. The van der Waals surface area contributed by atoms with Gasteiger partial charge in [-0.2, -0.15) is 0 Å². The predicted molar refractivity (Wildman–Crippen MR) is 73.8 cm³/mol. The molecule has 19 heavy (non-hydrogen) atoms. The van der Waals surface area contributed by atoms with Crippen molar-refractivity contribution in [3.05, 3.63) is 11.9 Å². The van der Waals surface area contributed by atoms with E-state index in [9.17, 15) is 4.79 Å². The van der Waals surface area contributed by atoms with Crippen LogP contribution in [0.1, 0.15) is 19.2 Å². The molecule has 0 unspecified atom stereocenters. The van der Waals surface area contributed by atoms with E-state index in [1.54, 1.807) is 13.2 Å². The van der Waals surface area contributed by atoms with Gasteiger partial charge in [0.25, 0.3) is 0 Å². The molecule has 4 N–H and O–H groups in total. The molecule has 106 valence electrons. The van der Waals surface area contributed by atoms with E-state index in [0.717, 1.165) is 6.42 Å². The lowest BCUT2D eigenvalue weighted by Crippen LogP contribution is -2.28. The van der Waals surface area contributed by atoms with Crippen LogP contribution in [0.2, 0.25) is 0 Å². The van der Waals surface area contributed by atoms with Crippen molar-refractivity contribution in [2.24, 2.45) is 0 Å². The molecule has 0 aliphatic carbocycles. The summed E-state index contributed by atoms with van der Waals surface area (Å²) in [4.78, 5) is 19.8. The molecular formula is C12H21N5O2. The number of carbonyl (C=O) groups is 1. The Bertz CT molecular complexity index is 411. The van der Waals surface area contributed by atoms with Crippen LogP contribution in [0.25, 0.3) is 0 Å². The number of hydrogen-bond acceptors (Lipinski definition) is 6. The molecule has 0 fully saturated rings. The van der Waals surface area contributed by atoms with E-state index < -0.39 is 0 Å². The van der Waals surface area contributed by atoms with Gasteiger partial charge in [-0.1, -0.05) is 6.92 Å². The molecule has 0 atom stereocenters. The highest BCUT2D eigenvalue weighted by Gasteiger charge is 2.03. The van der Waals surface area contributed by atoms with Crippen molar-refractivity contribution in [1.82, 2.24) is 15.3 Å². The number of aromatic nitrogens is 2. The van der Waals surface area contributed by atoms with Gasteiger partial charge in [0, 0.05) is 39.1 Å². The summed E-state index contributed by atoms with van der Waals surface area (Å²) < 4.78 is 4.84. The molecule has 0 aliphatic heterocycles. The average Bonchev–Trinajstić information content (AvgIpc) is 2.38. The summed E-state index contributed by atoms with van der Waals surface area (Å²) in [7, 11) is 1.60. The van der Waals surface area contributed by atoms with Gasteiger partial charge in [-0.25, -0.2) is 9.97 Å². The molecule has 0 radical (unpaired) electrons. The molecule has 1 aromatic heterocycles. The number of methoxy groups -OCH3 is 1. The molecule has 0 saturated carbocycles. The van der Waals surface area contributed by atoms with Crippen molar-refractivity contribution in [2.45, 2.75) is 19.8 Å². The Kier molecular flexibility index (Phi) is 6.59. The fourth-order valence-electron chi connectivity index (χ4n) is 1.45. The van der Waals surface area contributed by atoms with Crippen molar-refractivity contribution < 1.29 is 9.53 Å². The maximum Gasteiger partial charge on any atom is 0.221 e. The maximum absolute atomic E-state index is 11.4. The minimum absolute atomic E-state index is 0.0257. The molecule has 0 spiro atoms. The highest BCUT2D eigenvalue weighted by molar-refractivity contribution is 5.76. The third kappa shape index (κ3) is 6.01. The fourth-order valence-corrected chi connectivity index (χ4v) is 1.45. The molecule has 1 amide bonds. The first-order valence-corrected chi connectivity index (χ1v) is 6.28. The van der Waals surface area contributed by atoms with Crippen molar-refractivity contribution >= 4 is 17.5 Å². The molecule has 0 bridgehead atoms. The monoisotopic (exact) mass is 267 g/mol. The number of carbonyl (C=O) groups excluding carboxylic acids is 1. The van der Waals surface area contributed by atoms with E-state index in [-0.39, 0.29) is 5.91 Å². The van der Waals surface area contributed by atoms with Gasteiger partial charge in [0.15, 0.2) is 0 Å². The zero-order valence-corrected chi connectivity index (χ0v) is 11.4. The summed E-state index contributed by atoms with van der Waals surface area (Å²) in [5, 5.41) is 5.80. The Balaban J connectivity index is 2.32. The summed E-state index contributed by atoms with van der Waals surface area (Å²) in [6.07, 6.45) is 1.09. The first kappa shape index (κ1) is 15.2. The third-order valence-corrected chi connectivity index (χ3v) is 2.40. The fraction of sp³-hybridized carbons (Fsp3) is 0.583. The number of rotatable bonds is 8. The lowest BCUT2D eigenvalue weighted by Gasteiger charge is -2.08. The maximum atomic E-state index is 11.4. The van der Waals surface area contributed by atoms with Crippen LogP contribution in [0.5, 0.6) is 0 Å². The summed E-state index contributed by atoms with van der Waals surface area (Å²) in [6, 6.07) is 1.65. The topological polar surface area (TPSA) is 102 Å². The number of amides is 1. The Hall–Kier alpha value is -1.89. The number of nitrogens with one attached hydrogen (secondary N) is 2. The normalized spacial score (nSPS) is 10.2. The number of hydrogen-bond donors (Lipinski definition) is 3. The molecule has 7 heteroatoms. The van der Waals surface area contributed by atoms with Gasteiger partial charge in [0.1, 0.15) is 17.5 Å². The number of anilines is 2. The standard InChI is InChI=1S/C12H21N5O2/c1-3-10-16-9(13)8-11(17-10)14-5-4-12(18)15-6-7-19-2/h8H,3-7H2,1-2H3,(H,15,18)(H3,13,14,16,17). The smallest absolute Gasteiger partial charge is 0.221 e. The second-order valence-corrected chi connectivity index (χ2v) is 3.97. The minimum Gasteiger partial charge on any atom is -0.384 e. The van der Waals surface area contributed by atoms with Crippen LogP contribution in [0, 0.1) is 0 Å². The van der Waals surface area contributed by atoms with Gasteiger partial charge >= 0.3 is 0 Å². The van der Waals surface area contributed by atoms with Crippen molar-refractivity contribution in [3.8, 4) is 0 Å². The lowest BCUT2D eigenvalue weighted by molar-refractivity contribution is -0.121. The van der Waals surface area contributed by atoms with E-state index in [0.29, 0.717) is 43.6 Å². The predicted octanol–water partition coefficient (Wildman–Crippen LogP) is 0.186. The van der Waals surface area contributed by atoms with Gasteiger partial charge in [0.2, 0.25) is 5.91 Å². The minimum atomic E-state index is -0.0257. The molecule has 0 saturated heterocycles. The first-order valence-electron chi connectivity index (χ1n) is 6.28. The zero-order chi connectivity index (χ0) is 14.1. The van der Waals surface area contributed by atoms with E-state index in [4.69, 9.17) is 10.5 Å². The molecule has 1 heterocycles. The number of ether oxygens (including phenoxy) is 1. The molecule has 0 aromatic carbocycles. The number of nitrogen functional groups attached to an aromatic ring is 1. The van der Waals surface area contributed by atoms with E-state index in [2.05, 4.69) is 20.6 Å². The Morgan fingerprint density at radius 1 is 1.42 bits per heavy atom. The van der Waals surface area contributed by atoms with E-state index >= 15 is 0 Å². The number of nitrogens with zero attached hydrogens (tertiary/aromatic N) is 2. The molecular weight excluding hydrogens is 246 g/mol. The Labute approximate surface area is 113 Å². The van der Waals surface area contributed by atoms with Crippen LogP contribution >= 0.6 is 0 Å².